The molecule has 110 valence electrons. The third-order valence-corrected chi connectivity index (χ3v) is 4.70. The van der Waals surface area contributed by atoms with Crippen molar-refractivity contribution < 1.29 is 12.4 Å². The number of benzene rings is 2. The van der Waals surface area contributed by atoms with E-state index < -0.39 is 0 Å². The Morgan fingerprint density at radius 2 is 1.86 bits per heavy atom. The smallest absolute Gasteiger partial charge is 0.262 e. The summed E-state index contributed by atoms with van der Waals surface area (Å²) in [7, 11) is 0. The molecule has 21 heavy (non-hydrogen) atoms. The van der Waals surface area contributed by atoms with Crippen LogP contribution in [0.1, 0.15) is 25.3 Å². The molecule has 0 saturated heterocycles. The van der Waals surface area contributed by atoms with Crippen molar-refractivity contribution in [3.05, 3.63) is 35.9 Å². The average Bonchev–Trinajstić information content (AvgIpc) is 2.44. The van der Waals surface area contributed by atoms with Gasteiger partial charge in [0.2, 0.25) is 11.3 Å². The molecule has 0 unspecified atom stereocenters. The first-order chi connectivity index (χ1) is 9.69. The van der Waals surface area contributed by atoms with E-state index >= 15 is 0 Å². The van der Waals surface area contributed by atoms with Gasteiger partial charge in [0, 0.05) is 23.0 Å². The van der Waals surface area contributed by atoms with Gasteiger partial charge in [-0.1, -0.05) is 13.3 Å². The summed E-state index contributed by atoms with van der Waals surface area (Å²) in [4.78, 5) is 4.73. The average molecular weight is 320 g/mol. The number of nitrogen functional groups attached to an aromatic ring is 2. The lowest BCUT2D eigenvalue weighted by molar-refractivity contribution is -0.00000406. The summed E-state index contributed by atoms with van der Waals surface area (Å²) in [6.07, 6.45) is 3.31. The number of nitrogens with zero attached hydrogens (tertiary/aromatic N) is 1. The lowest BCUT2D eigenvalue weighted by atomic mass is 10.1. The van der Waals surface area contributed by atoms with Gasteiger partial charge in [-0.05, 0) is 37.1 Å². The van der Waals surface area contributed by atoms with E-state index in [1.54, 1.807) is 11.3 Å². The lowest BCUT2D eigenvalue weighted by Gasteiger charge is -2.04. The Morgan fingerprint density at radius 3 is 2.62 bits per heavy atom. The largest absolute Gasteiger partial charge is 1.00 e. The molecule has 0 aliphatic rings. The topological polar surface area (TPSA) is 64.9 Å². The second kappa shape index (κ2) is 6.41. The number of aryl methyl sites for hydroxylation is 1. The van der Waals surface area contributed by atoms with Crippen molar-refractivity contribution in [2.45, 2.75) is 26.2 Å². The van der Waals surface area contributed by atoms with Gasteiger partial charge >= 0.3 is 0 Å². The molecule has 3 nitrogen and oxygen atoms in total. The number of unbranched alkanes of at least 4 members (excludes halogenated alkanes) is 1. The zero-order valence-electron chi connectivity index (χ0n) is 11.9. The first-order valence-corrected chi connectivity index (χ1v) is 7.71. The minimum absolute atomic E-state index is 0. The van der Waals surface area contributed by atoms with E-state index in [-0.39, 0.29) is 12.4 Å². The van der Waals surface area contributed by atoms with Crippen LogP contribution < -0.4 is 23.9 Å². The van der Waals surface area contributed by atoms with Gasteiger partial charge in [0.25, 0.3) is 9.40 Å². The van der Waals surface area contributed by atoms with E-state index in [1.807, 2.05) is 30.3 Å². The molecule has 4 N–H and O–H groups in total. The van der Waals surface area contributed by atoms with Crippen molar-refractivity contribution in [3.8, 4) is 0 Å². The lowest BCUT2D eigenvalue weighted by Crippen LogP contribution is -3.00. The highest BCUT2D eigenvalue weighted by Crippen LogP contribution is 2.33. The second-order valence-electron chi connectivity index (χ2n) is 5.03. The summed E-state index contributed by atoms with van der Waals surface area (Å²) in [5.41, 5.74) is 16.9. The normalized spacial score (nSPS) is 10.7. The maximum atomic E-state index is 6.16. The summed E-state index contributed by atoms with van der Waals surface area (Å²) < 4.78 is 2.30. The van der Waals surface area contributed by atoms with E-state index in [0.717, 1.165) is 46.4 Å². The molecule has 0 atom stereocenters. The molecule has 0 amide bonds. The molecule has 0 spiro atoms. The predicted octanol–water partition coefficient (Wildman–Crippen LogP) is 1.24. The molecule has 0 aliphatic heterocycles. The minimum Gasteiger partial charge on any atom is -1.00 e. The molecule has 2 aromatic carbocycles. The number of hydrogen-bond donors (Lipinski definition) is 2. The van der Waals surface area contributed by atoms with Crippen molar-refractivity contribution in [1.29, 1.82) is 0 Å². The van der Waals surface area contributed by atoms with Gasteiger partial charge < -0.3 is 23.9 Å². The van der Waals surface area contributed by atoms with Gasteiger partial charge in [0.1, 0.15) is 11.0 Å². The number of aromatic nitrogens is 1. The zero-order chi connectivity index (χ0) is 14.1. The first kappa shape index (κ1) is 15.7. The Kier molecular flexibility index (Phi) is 4.80. The van der Waals surface area contributed by atoms with Gasteiger partial charge in [-0.15, -0.1) is 0 Å². The first-order valence-electron chi connectivity index (χ1n) is 6.89. The summed E-state index contributed by atoms with van der Waals surface area (Å²) in [5.74, 6) is 0. The molecular weight excluding hydrogens is 302 g/mol. The van der Waals surface area contributed by atoms with Crippen LogP contribution in [0, 0.1) is 0 Å². The fourth-order valence-corrected chi connectivity index (χ4v) is 3.58. The standard InChI is InChI=1S/C16H18N3S.ClH/c1-2-3-4-11-12(18)6-8-14-16(11)20-15-9-10(17)5-7-13(15)19-14;/h5-9H,2-4,17-18H2,1H3;1H/q+1;/p-1. The highest BCUT2D eigenvalue weighted by molar-refractivity contribution is 7.24. The Hall–Kier alpha value is -1.65. The highest BCUT2D eigenvalue weighted by atomic mass is 35.5. The molecule has 0 radical (unpaired) electrons. The zero-order valence-corrected chi connectivity index (χ0v) is 13.5. The second-order valence-corrected chi connectivity index (χ2v) is 6.08. The number of rotatable bonds is 3. The summed E-state index contributed by atoms with van der Waals surface area (Å²) in [5, 5.41) is 0. The SMILES string of the molecule is CCCCc1c(N)ccc2nc3ccc(N)cc3[s+]c12.[Cl-]. The quantitative estimate of drug-likeness (QED) is 0.434. The van der Waals surface area contributed by atoms with Crippen molar-refractivity contribution in [1.82, 2.24) is 4.98 Å². The molecule has 5 heteroatoms. The fourth-order valence-electron chi connectivity index (χ4n) is 2.39. The maximum absolute atomic E-state index is 6.16. The molecule has 0 bridgehead atoms. The molecule has 0 saturated carbocycles. The van der Waals surface area contributed by atoms with Gasteiger partial charge in [-0.25, -0.2) is 4.98 Å². The number of anilines is 2. The number of nitrogens with two attached hydrogens (primary N) is 2. The third-order valence-electron chi connectivity index (χ3n) is 3.49. The van der Waals surface area contributed by atoms with E-state index in [0.29, 0.717) is 0 Å². The molecule has 0 aliphatic carbocycles. The minimum atomic E-state index is 0. The van der Waals surface area contributed by atoms with Crippen LogP contribution in [0.15, 0.2) is 30.3 Å². The van der Waals surface area contributed by atoms with Gasteiger partial charge in [0.05, 0.1) is 0 Å². The Balaban J connectivity index is 0.00000161. The van der Waals surface area contributed by atoms with Crippen LogP contribution in [0.3, 0.4) is 0 Å². The molecule has 0 fully saturated rings. The van der Waals surface area contributed by atoms with Crippen LogP contribution >= 0.6 is 11.3 Å². The predicted molar refractivity (Wildman–Crippen MR) is 89.0 cm³/mol. The third kappa shape index (κ3) is 3.01. The molecule has 1 aromatic heterocycles. The van der Waals surface area contributed by atoms with Crippen molar-refractivity contribution in [2.24, 2.45) is 0 Å². The number of hydrogen-bond acceptors (Lipinski definition) is 3. The van der Waals surface area contributed by atoms with Gasteiger partial charge in [-0.2, -0.15) is 0 Å². The number of halogens is 1. The van der Waals surface area contributed by atoms with E-state index in [1.165, 1.54) is 10.3 Å². The highest BCUT2D eigenvalue weighted by Gasteiger charge is 2.18. The van der Waals surface area contributed by atoms with Crippen LogP contribution in [-0.4, -0.2) is 4.98 Å². The van der Waals surface area contributed by atoms with Crippen molar-refractivity contribution >= 4 is 43.1 Å². The van der Waals surface area contributed by atoms with E-state index in [2.05, 4.69) is 6.92 Å². The molecule has 3 aromatic rings. The van der Waals surface area contributed by atoms with Crippen LogP contribution in [-0.2, 0) is 6.42 Å². The fraction of sp³-hybridized carbons (Fsp3) is 0.250. The van der Waals surface area contributed by atoms with Crippen LogP contribution in [0.4, 0.5) is 11.4 Å². The summed E-state index contributed by atoms with van der Waals surface area (Å²) in [6, 6.07) is 9.83. The summed E-state index contributed by atoms with van der Waals surface area (Å²) >= 11 is 1.73. The summed E-state index contributed by atoms with van der Waals surface area (Å²) in [6.45, 7) is 2.19. The van der Waals surface area contributed by atoms with E-state index in [9.17, 15) is 0 Å². The van der Waals surface area contributed by atoms with Crippen LogP contribution in [0.2, 0.25) is 0 Å². The molecule has 3 rings (SSSR count). The van der Waals surface area contributed by atoms with Crippen molar-refractivity contribution in [2.75, 3.05) is 11.5 Å². The Labute approximate surface area is 134 Å². The van der Waals surface area contributed by atoms with E-state index in [4.69, 9.17) is 16.5 Å². The van der Waals surface area contributed by atoms with Gasteiger partial charge in [-0.3, -0.25) is 0 Å². The monoisotopic (exact) mass is 319 g/mol. The van der Waals surface area contributed by atoms with Crippen molar-refractivity contribution in [3.63, 3.8) is 0 Å². The van der Waals surface area contributed by atoms with Crippen LogP contribution in [0.5, 0.6) is 0 Å². The Morgan fingerprint density at radius 1 is 1.10 bits per heavy atom. The molecule has 1 heterocycles. The van der Waals surface area contributed by atoms with Gasteiger partial charge in [0.15, 0.2) is 0 Å². The maximum Gasteiger partial charge on any atom is 0.262 e. The molecular formula is C16H18ClN3S. The number of fused-ring (bicyclic) bond motifs is 2. The Bertz CT molecular complexity index is 789. The van der Waals surface area contributed by atoms with Crippen LogP contribution in [0.25, 0.3) is 20.4 Å².